The molecular weight excluding hydrogens is 338 g/mol. The summed E-state index contributed by atoms with van der Waals surface area (Å²) in [5.74, 6) is 0.298. The number of carbonyl (C=O) groups excluding carboxylic acids is 1. The van der Waals surface area contributed by atoms with E-state index in [-0.39, 0.29) is 18.4 Å². The van der Waals surface area contributed by atoms with Crippen LogP contribution in [0.2, 0.25) is 0 Å². The molecule has 0 bridgehead atoms. The molecule has 1 N–H and O–H groups in total. The van der Waals surface area contributed by atoms with E-state index in [4.69, 9.17) is 0 Å². The summed E-state index contributed by atoms with van der Waals surface area (Å²) in [4.78, 5) is 12.5. The SMILES string of the molecule is C[C@@H](C(=O)NCc1nnc2ccc(-c3ccccc3)nn12)c1ccccc1. The van der Waals surface area contributed by atoms with Gasteiger partial charge in [-0.2, -0.15) is 9.61 Å². The number of hydrogen-bond acceptors (Lipinski definition) is 4. The van der Waals surface area contributed by atoms with Crippen molar-refractivity contribution in [3.05, 3.63) is 84.2 Å². The first-order valence-corrected chi connectivity index (χ1v) is 8.82. The minimum atomic E-state index is -0.238. The average molecular weight is 357 g/mol. The van der Waals surface area contributed by atoms with Gasteiger partial charge in [-0.25, -0.2) is 0 Å². The van der Waals surface area contributed by atoms with Crippen molar-refractivity contribution in [2.45, 2.75) is 19.4 Å². The van der Waals surface area contributed by atoms with Gasteiger partial charge in [0.25, 0.3) is 0 Å². The lowest BCUT2D eigenvalue weighted by Gasteiger charge is -2.11. The van der Waals surface area contributed by atoms with Crippen LogP contribution in [0.25, 0.3) is 16.9 Å². The fourth-order valence-corrected chi connectivity index (χ4v) is 2.92. The molecule has 2 aromatic carbocycles. The van der Waals surface area contributed by atoms with Gasteiger partial charge in [-0.05, 0) is 24.6 Å². The maximum Gasteiger partial charge on any atom is 0.227 e. The van der Waals surface area contributed by atoms with E-state index in [2.05, 4.69) is 20.6 Å². The van der Waals surface area contributed by atoms with Gasteiger partial charge in [-0.15, -0.1) is 10.2 Å². The van der Waals surface area contributed by atoms with E-state index >= 15 is 0 Å². The monoisotopic (exact) mass is 357 g/mol. The van der Waals surface area contributed by atoms with Crippen molar-refractivity contribution >= 4 is 11.6 Å². The van der Waals surface area contributed by atoms with Crippen molar-refractivity contribution in [3.63, 3.8) is 0 Å². The highest BCUT2D eigenvalue weighted by atomic mass is 16.1. The second-order valence-electron chi connectivity index (χ2n) is 6.32. The van der Waals surface area contributed by atoms with Crippen molar-refractivity contribution in [2.24, 2.45) is 0 Å². The standard InChI is InChI=1S/C21H19N5O/c1-15(16-8-4-2-5-9-16)21(27)22-14-20-24-23-19-13-12-18(25-26(19)20)17-10-6-3-7-11-17/h2-13,15H,14H2,1H3,(H,22,27)/t15-/m1/s1. The zero-order valence-corrected chi connectivity index (χ0v) is 14.9. The fourth-order valence-electron chi connectivity index (χ4n) is 2.92. The number of nitrogens with zero attached hydrogens (tertiary/aromatic N) is 4. The van der Waals surface area contributed by atoms with Crippen molar-refractivity contribution in [3.8, 4) is 11.3 Å². The number of fused-ring (bicyclic) bond motifs is 1. The zero-order valence-electron chi connectivity index (χ0n) is 14.9. The van der Waals surface area contributed by atoms with Crippen LogP contribution in [-0.2, 0) is 11.3 Å². The Morgan fingerprint density at radius 1 is 0.963 bits per heavy atom. The van der Waals surface area contributed by atoms with Crippen LogP contribution in [0.15, 0.2) is 72.8 Å². The average Bonchev–Trinajstić information content (AvgIpc) is 3.15. The first kappa shape index (κ1) is 16.9. The molecule has 0 aliphatic carbocycles. The summed E-state index contributed by atoms with van der Waals surface area (Å²) in [5.41, 5.74) is 3.47. The largest absolute Gasteiger partial charge is 0.348 e. The number of amides is 1. The molecule has 1 atom stereocenters. The van der Waals surface area contributed by atoms with Crippen LogP contribution in [0, 0.1) is 0 Å². The molecule has 4 rings (SSSR count). The van der Waals surface area contributed by atoms with E-state index in [1.54, 1.807) is 4.52 Å². The summed E-state index contributed by atoms with van der Waals surface area (Å²) in [7, 11) is 0. The maximum atomic E-state index is 12.5. The summed E-state index contributed by atoms with van der Waals surface area (Å²) >= 11 is 0. The van der Waals surface area contributed by atoms with Crippen LogP contribution < -0.4 is 5.32 Å². The van der Waals surface area contributed by atoms with E-state index in [1.165, 1.54) is 0 Å². The molecule has 0 saturated heterocycles. The predicted octanol–water partition coefficient (Wildman–Crippen LogP) is 3.21. The molecular formula is C21H19N5O. The Morgan fingerprint density at radius 2 is 1.67 bits per heavy atom. The minimum Gasteiger partial charge on any atom is -0.348 e. The lowest BCUT2D eigenvalue weighted by molar-refractivity contribution is -0.122. The summed E-state index contributed by atoms with van der Waals surface area (Å²) in [5, 5.41) is 15.9. The first-order valence-electron chi connectivity index (χ1n) is 8.82. The first-order chi connectivity index (χ1) is 13.2. The zero-order chi connectivity index (χ0) is 18.6. The second kappa shape index (κ2) is 7.37. The molecule has 1 amide bonds. The fraction of sp³-hybridized carbons (Fsp3) is 0.143. The molecule has 6 nitrogen and oxygen atoms in total. The summed E-state index contributed by atoms with van der Waals surface area (Å²) in [6.45, 7) is 2.15. The van der Waals surface area contributed by atoms with Gasteiger partial charge in [0, 0.05) is 5.56 Å². The Hall–Kier alpha value is -3.54. The molecule has 0 radical (unpaired) electrons. The molecule has 2 aromatic heterocycles. The smallest absolute Gasteiger partial charge is 0.227 e. The molecule has 0 spiro atoms. The number of benzene rings is 2. The Bertz CT molecular complexity index is 1060. The normalized spacial score (nSPS) is 12.0. The van der Waals surface area contributed by atoms with E-state index in [9.17, 15) is 4.79 Å². The highest BCUT2D eigenvalue weighted by molar-refractivity contribution is 5.83. The van der Waals surface area contributed by atoms with Gasteiger partial charge < -0.3 is 5.32 Å². The van der Waals surface area contributed by atoms with Crippen LogP contribution >= 0.6 is 0 Å². The quantitative estimate of drug-likeness (QED) is 0.595. The van der Waals surface area contributed by atoms with Crippen LogP contribution in [0.5, 0.6) is 0 Å². The van der Waals surface area contributed by atoms with Gasteiger partial charge in [0.15, 0.2) is 11.5 Å². The number of hydrogen-bond donors (Lipinski definition) is 1. The van der Waals surface area contributed by atoms with Gasteiger partial charge in [-0.1, -0.05) is 60.7 Å². The third kappa shape index (κ3) is 3.55. The molecule has 4 aromatic rings. The number of carbonyl (C=O) groups is 1. The van der Waals surface area contributed by atoms with Crippen LogP contribution in [0.4, 0.5) is 0 Å². The predicted molar refractivity (Wildman–Crippen MR) is 103 cm³/mol. The Labute approximate surface area is 156 Å². The lowest BCUT2D eigenvalue weighted by Crippen LogP contribution is -2.28. The van der Waals surface area contributed by atoms with Gasteiger partial charge in [0.05, 0.1) is 18.2 Å². The van der Waals surface area contributed by atoms with Crippen molar-refractivity contribution < 1.29 is 4.79 Å². The van der Waals surface area contributed by atoms with E-state index < -0.39 is 0 Å². The summed E-state index contributed by atoms with van der Waals surface area (Å²) in [6, 6.07) is 23.4. The second-order valence-corrected chi connectivity index (χ2v) is 6.32. The van der Waals surface area contributed by atoms with Gasteiger partial charge in [-0.3, -0.25) is 4.79 Å². The minimum absolute atomic E-state index is 0.0582. The van der Waals surface area contributed by atoms with Crippen LogP contribution in [0.3, 0.4) is 0 Å². The Morgan fingerprint density at radius 3 is 2.41 bits per heavy atom. The topological polar surface area (TPSA) is 72.2 Å². The van der Waals surface area contributed by atoms with Gasteiger partial charge in [0.1, 0.15) is 0 Å². The number of aromatic nitrogens is 4. The third-order valence-corrected chi connectivity index (χ3v) is 4.51. The molecule has 0 aliphatic rings. The molecule has 27 heavy (non-hydrogen) atoms. The Balaban J connectivity index is 1.53. The highest BCUT2D eigenvalue weighted by Crippen LogP contribution is 2.17. The number of nitrogens with one attached hydrogen (secondary N) is 1. The van der Waals surface area contributed by atoms with Gasteiger partial charge >= 0.3 is 0 Å². The Kier molecular flexibility index (Phi) is 4.61. The van der Waals surface area contributed by atoms with E-state index in [0.717, 1.165) is 16.8 Å². The van der Waals surface area contributed by atoms with Crippen LogP contribution in [0.1, 0.15) is 24.2 Å². The van der Waals surface area contributed by atoms with E-state index in [0.29, 0.717) is 11.5 Å². The van der Waals surface area contributed by atoms with Crippen LogP contribution in [-0.4, -0.2) is 25.7 Å². The third-order valence-electron chi connectivity index (χ3n) is 4.51. The van der Waals surface area contributed by atoms with Crippen molar-refractivity contribution in [1.82, 2.24) is 25.1 Å². The molecule has 2 heterocycles. The molecule has 0 saturated carbocycles. The lowest BCUT2D eigenvalue weighted by atomic mass is 10.0. The van der Waals surface area contributed by atoms with E-state index in [1.807, 2.05) is 79.7 Å². The molecule has 6 heteroatoms. The molecule has 0 fully saturated rings. The van der Waals surface area contributed by atoms with Crippen molar-refractivity contribution in [2.75, 3.05) is 0 Å². The highest BCUT2D eigenvalue weighted by Gasteiger charge is 2.16. The molecule has 0 unspecified atom stereocenters. The summed E-state index contributed by atoms with van der Waals surface area (Å²) in [6.07, 6.45) is 0. The maximum absolute atomic E-state index is 12.5. The molecule has 134 valence electrons. The summed E-state index contributed by atoms with van der Waals surface area (Å²) < 4.78 is 1.68. The molecule has 0 aliphatic heterocycles. The van der Waals surface area contributed by atoms with Gasteiger partial charge in [0.2, 0.25) is 5.91 Å². The number of rotatable bonds is 5. The van der Waals surface area contributed by atoms with Crippen molar-refractivity contribution in [1.29, 1.82) is 0 Å².